The molecule has 0 spiro atoms. The summed E-state index contributed by atoms with van der Waals surface area (Å²) in [5.74, 6) is -1.02. The number of carbonyl (C=O) groups is 2. The fraction of sp³-hybridized carbons (Fsp3) is 0.263. The minimum atomic E-state index is -0.843. The van der Waals surface area contributed by atoms with Gasteiger partial charge < -0.3 is 14.7 Å². The predicted octanol–water partition coefficient (Wildman–Crippen LogP) is 2.77. The Morgan fingerprint density at radius 3 is 2.50 bits per heavy atom. The van der Waals surface area contributed by atoms with Gasteiger partial charge in [0, 0.05) is 17.8 Å². The largest absolute Gasteiger partial charge is 0.492 e. The van der Waals surface area contributed by atoms with Crippen molar-refractivity contribution in [3.63, 3.8) is 0 Å². The molecule has 0 aliphatic carbocycles. The lowest BCUT2D eigenvalue weighted by atomic mass is 9.88. The van der Waals surface area contributed by atoms with Crippen molar-refractivity contribution in [3.8, 4) is 5.75 Å². The van der Waals surface area contributed by atoms with Gasteiger partial charge in [-0.3, -0.25) is 9.59 Å². The quantitative estimate of drug-likeness (QED) is 0.923. The lowest BCUT2D eigenvalue weighted by Crippen LogP contribution is -2.41. The van der Waals surface area contributed by atoms with Gasteiger partial charge in [-0.15, -0.1) is 0 Å². The Morgan fingerprint density at radius 1 is 1.00 bits per heavy atom. The number of hydrogen-bond donors (Lipinski definition) is 1. The second-order valence-corrected chi connectivity index (χ2v) is 6.13. The molecule has 24 heavy (non-hydrogen) atoms. The summed E-state index contributed by atoms with van der Waals surface area (Å²) in [5, 5.41) is 9.43. The summed E-state index contributed by atoms with van der Waals surface area (Å²) < 4.78 is 5.63. The van der Waals surface area contributed by atoms with Gasteiger partial charge in [-0.1, -0.05) is 36.4 Å². The normalized spacial score (nSPS) is 21.6. The fourth-order valence-electron chi connectivity index (χ4n) is 3.60. The SMILES string of the molecule is O=C(O)C1CCN(C(=O)C2COc3ccccc32)c2ccccc21. The van der Waals surface area contributed by atoms with E-state index < -0.39 is 11.9 Å². The molecule has 122 valence electrons. The van der Waals surface area contributed by atoms with E-state index >= 15 is 0 Å². The Balaban J connectivity index is 1.69. The van der Waals surface area contributed by atoms with Crippen molar-refractivity contribution >= 4 is 17.6 Å². The first-order chi connectivity index (χ1) is 11.7. The van der Waals surface area contributed by atoms with Crippen molar-refractivity contribution in [1.82, 2.24) is 0 Å². The lowest BCUT2D eigenvalue weighted by Gasteiger charge is -2.34. The number of carbonyl (C=O) groups excluding carboxylic acids is 1. The number of carboxylic acid groups (broad SMARTS) is 1. The van der Waals surface area contributed by atoms with Gasteiger partial charge in [0.05, 0.1) is 5.92 Å². The number of anilines is 1. The molecule has 1 N–H and O–H groups in total. The zero-order chi connectivity index (χ0) is 16.7. The van der Waals surface area contributed by atoms with Crippen LogP contribution in [0.1, 0.15) is 29.4 Å². The molecular weight excluding hydrogens is 306 g/mol. The number of carboxylic acids is 1. The van der Waals surface area contributed by atoms with E-state index in [0.29, 0.717) is 30.8 Å². The number of nitrogens with zero attached hydrogens (tertiary/aromatic N) is 1. The van der Waals surface area contributed by atoms with Crippen LogP contribution in [0.25, 0.3) is 0 Å². The van der Waals surface area contributed by atoms with Gasteiger partial charge in [0.1, 0.15) is 18.3 Å². The van der Waals surface area contributed by atoms with Crippen molar-refractivity contribution in [3.05, 3.63) is 59.7 Å². The molecule has 2 unspecified atom stereocenters. The summed E-state index contributed by atoms with van der Waals surface area (Å²) in [6.07, 6.45) is 0.424. The third-order valence-electron chi connectivity index (χ3n) is 4.81. The molecule has 4 rings (SSSR count). The molecule has 5 nitrogen and oxygen atoms in total. The van der Waals surface area contributed by atoms with Crippen LogP contribution >= 0.6 is 0 Å². The number of rotatable bonds is 2. The van der Waals surface area contributed by atoms with Gasteiger partial charge in [-0.25, -0.2) is 0 Å². The molecule has 0 aromatic heterocycles. The average molecular weight is 323 g/mol. The van der Waals surface area contributed by atoms with Crippen LogP contribution in [0.5, 0.6) is 5.75 Å². The Bertz CT molecular complexity index is 817. The Hall–Kier alpha value is -2.82. The molecule has 2 atom stereocenters. The lowest BCUT2D eigenvalue weighted by molar-refractivity contribution is -0.139. The summed E-state index contributed by atoms with van der Waals surface area (Å²) in [6, 6.07) is 14.8. The fourth-order valence-corrected chi connectivity index (χ4v) is 3.60. The summed E-state index contributed by atoms with van der Waals surface area (Å²) >= 11 is 0. The molecule has 0 bridgehead atoms. The van der Waals surface area contributed by atoms with Crippen LogP contribution in [0.3, 0.4) is 0 Å². The Labute approximate surface area is 139 Å². The van der Waals surface area contributed by atoms with Gasteiger partial charge in [-0.05, 0) is 24.1 Å². The molecule has 2 aromatic carbocycles. The number of fused-ring (bicyclic) bond motifs is 2. The van der Waals surface area contributed by atoms with Gasteiger partial charge >= 0.3 is 5.97 Å². The van der Waals surface area contributed by atoms with Gasteiger partial charge in [0.2, 0.25) is 5.91 Å². The topological polar surface area (TPSA) is 66.8 Å². The van der Waals surface area contributed by atoms with E-state index in [4.69, 9.17) is 4.74 Å². The molecule has 0 fully saturated rings. The monoisotopic (exact) mass is 323 g/mol. The maximum atomic E-state index is 13.1. The van der Waals surface area contributed by atoms with Crippen LogP contribution in [-0.4, -0.2) is 30.1 Å². The second kappa shape index (κ2) is 5.67. The minimum absolute atomic E-state index is 0.0313. The Kier molecular flexibility index (Phi) is 3.49. The van der Waals surface area contributed by atoms with E-state index in [1.807, 2.05) is 42.5 Å². The van der Waals surface area contributed by atoms with E-state index in [1.54, 1.807) is 11.0 Å². The van der Waals surface area contributed by atoms with Crippen molar-refractivity contribution in [2.24, 2.45) is 0 Å². The zero-order valence-corrected chi connectivity index (χ0v) is 13.0. The smallest absolute Gasteiger partial charge is 0.311 e. The molecule has 2 heterocycles. The first-order valence-corrected chi connectivity index (χ1v) is 8.01. The standard InChI is InChI=1S/C19H17NO4/c21-18(15-11-24-17-8-4-2-6-13(15)17)20-10-9-14(19(22)23)12-5-1-3-7-16(12)20/h1-8,14-15H,9-11H2,(H,22,23). The predicted molar refractivity (Wildman–Crippen MR) is 88.5 cm³/mol. The molecule has 0 radical (unpaired) electrons. The molecule has 2 aliphatic rings. The molecular formula is C19H17NO4. The van der Waals surface area contributed by atoms with Gasteiger partial charge in [0.15, 0.2) is 0 Å². The van der Waals surface area contributed by atoms with Crippen LogP contribution in [0, 0.1) is 0 Å². The van der Waals surface area contributed by atoms with Crippen LogP contribution in [0.15, 0.2) is 48.5 Å². The molecule has 0 saturated carbocycles. The highest BCUT2D eigenvalue weighted by molar-refractivity contribution is 6.01. The highest BCUT2D eigenvalue weighted by Gasteiger charge is 2.38. The van der Waals surface area contributed by atoms with Crippen molar-refractivity contribution in [2.75, 3.05) is 18.1 Å². The second-order valence-electron chi connectivity index (χ2n) is 6.13. The van der Waals surface area contributed by atoms with Crippen LogP contribution in [0.2, 0.25) is 0 Å². The number of aliphatic carboxylic acids is 1. The molecule has 2 aromatic rings. The number of para-hydroxylation sites is 2. The number of amides is 1. The zero-order valence-electron chi connectivity index (χ0n) is 13.0. The maximum Gasteiger partial charge on any atom is 0.311 e. The van der Waals surface area contributed by atoms with E-state index in [0.717, 1.165) is 11.3 Å². The van der Waals surface area contributed by atoms with Crippen molar-refractivity contribution in [1.29, 1.82) is 0 Å². The first kappa shape index (κ1) is 14.8. The molecule has 2 aliphatic heterocycles. The molecule has 5 heteroatoms. The van der Waals surface area contributed by atoms with Crippen LogP contribution in [0.4, 0.5) is 5.69 Å². The average Bonchev–Trinajstić information content (AvgIpc) is 3.04. The summed E-state index contributed by atoms with van der Waals surface area (Å²) in [4.78, 5) is 26.3. The minimum Gasteiger partial charge on any atom is -0.492 e. The van der Waals surface area contributed by atoms with Crippen molar-refractivity contribution in [2.45, 2.75) is 18.3 Å². The summed E-state index contributed by atoms with van der Waals surface area (Å²) in [5.41, 5.74) is 2.31. The van der Waals surface area contributed by atoms with E-state index in [9.17, 15) is 14.7 Å². The first-order valence-electron chi connectivity index (χ1n) is 8.01. The van der Waals surface area contributed by atoms with E-state index in [2.05, 4.69) is 0 Å². The maximum absolute atomic E-state index is 13.1. The summed E-state index contributed by atoms with van der Waals surface area (Å²) in [7, 11) is 0. The number of benzene rings is 2. The highest BCUT2D eigenvalue weighted by atomic mass is 16.5. The summed E-state index contributed by atoms with van der Waals surface area (Å²) in [6.45, 7) is 0.741. The van der Waals surface area contributed by atoms with Crippen LogP contribution < -0.4 is 9.64 Å². The van der Waals surface area contributed by atoms with Gasteiger partial charge in [0.25, 0.3) is 0 Å². The van der Waals surface area contributed by atoms with E-state index in [-0.39, 0.29) is 11.8 Å². The molecule has 1 amide bonds. The van der Waals surface area contributed by atoms with Gasteiger partial charge in [-0.2, -0.15) is 0 Å². The third kappa shape index (κ3) is 2.24. The molecule has 0 saturated heterocycles. The third-order valence-corrected chi connectivity index (χ3v) is 4.81. The van der Waals surface area contributed by atoms with Crippen molar-refractivity contribution < 1.29 is 19.4 Å². The number of ether oxygens (including phenoxy) is 1. The Morgan fingerprint density at radius 2 is 1.71 bits per heavy atom. The number of hydrogen-bond acceptors (Lipinski definition) is 3. The highest BCUT2D eigenvalue weighted by Crippen LogP contribution is 2.40. The van der Waals surface area contributed by atoms with E-state index in [1.165, 1.54) is 0 Å². The van der Waals surface area contributed by atoms with Crippen LogP contribution in [-0.2, 0) is 9.59 Å².